The largest absolute Gasteiger partial charge is 0.511 e. The van der Waals surface area contributed by atoms with Gasteiger partial charge in [-0.3, -0.25) is 13.9 Å². The van der Waals surface area contributed by atoms with Gasteiger partial charge in [0.25, 0.3) is 5.56 Å². The Morgan fingerprint density at radius 3 is 2.57 bits per heavy atom. The Morgan fingerprint density at radius 1 is 1.20 bits per heavy atom. The monoisotopic (exact) mass is 489 g/mol. The highest BCUT2D eigenvalue weighted by molar-refractivity contribution is 5.64. The Hall–Kier alpha value is -4.02. The molecule has 2 aromatic carbocycles. The van der Waals surface area contributed by atoms with Crippen molar-refractivity contribution in [3.8, 4) is 11.4 Å². The molecule has 0 spiro atoms. The molecule has 184 valence electrons. The first kappa shape index (κ1) is 24.1. The molecule has 0 saturated heterocycles. The number of aromatic nitrogens is 2. The summed E-state index contributed by atoms with van der Waals surface area (Å²) in [5.41, 5.74) is -0.932. The summed E-state index contributed by atoms with van der Waals surface area (Å²) < 4.78 is 46.4. The predicted octanol–water partition coefficient (Wildman–Crippen LogP) is 4.13. The van der Waals surface area contributed by atoms with Gasteiger partial charge in [-0.1, -0.05) is 32.0 Å². The normalized spacial score (nSPS) is 14.3. The average molecular weight is 489 g/mol. The minimum absolute atomic E-state index is 0.0791. The Bertz CT molecular complexity index is 1450. The molecule has 35 heavy (non-hydrogen) atoms. The van der Waals surface area contributed by atoms with Crippen molar-refractivity contribution in [2.75, 3.05) is 11.9 Å². The fraction of sp³-hybridized carbons (Fsp3) is 0.292. The van der Waals surface area contributed by atoms with Crippen LogP contribution in [0.3, 0.4) is 0 Å². The molecule has 0 radical (unpaired) electrons. The number of alkyl halides is 3. The molecule has 3 aromatic rings. The van der Waals surface area contributed by atoms with E-state index in [2.05, 4.69) is 10.1 Å². The molecule has 0 aliphatic carbocycles. The highest BCUT2D eigenvalue weighted by atomic mass is 19.4. The van der Waals surface area contributed by atoms with Crippen molar-refractivity contribution in [2.24, 2.45) is 0 Å². The van der Waals surface area contributed by atoms with Crippen LogP contribution in [-0.4, -0.2) is 26.9 Å². The maximum atomic E-state index is 13.4. The summed E-state index contributed by atoms with van der Waals surface area (Å²) in [4.78, 5) is 37.4. The molecular weight excluding hydrogens is 467 g/mol. The zero-order valence-electron chi connectivity index (χ0n) is 19.1. The molecule has 0 fully saturated rings. The van der Waals surface area contributed by atoms with Crippen LogP contribution in [0.2, 0.25) is 0 Å². The van der Waals surface area contributed by atoms with E-state index < -0.39 is 41.4 Å². The number of rotatable bonds is 4. The number of carboxylic acid groups (broad SMARTS) is 1. The quantitative estimate of drug-likeness (QED) is 0.535. The zero-order chi connectivity index (χ0) is 25.7. The van der Waals surface area contributed by atoms with Gasteiger partial charge >= 0.3 is 18.0 Å². The number of anilines is 1. The lowest BCUT2D eigenvalue weighted by molar-refractivity contribution is -0.138. The second-order valence-corrected chi connectivity index (χ2v) is 8.96. The van der Waals surface area contributed by atoms with Crippen LogP contribution in [0.25, 0.3) is 5.69 Å². The van der Waals surface area contributed by atoms with E-state index in [-0.39, 0.29) is 16.5 Å². The summed E-state index contributed by atoms with van der Waals surface area (Å²) in [5, 5.41) is 12.3. The zero-order valence-corrected chi connectivity index (χ0v) is 19.1. The second kappa shape index (κ2) is 8.33. The lowest BCUT2D eigenvalue weighted by Gasteiger charge is -2.18. The molecular formula is C24H22F3N3O5. The molecule has 1 aliphatic heterocycles. The maximum absolute atomic E-state index is 13.4. The molecule has 0 bridgehead atoms. The van der Waals surface area contributed by atoms with Crippen molar-refractivity contribution in [1.82, 2.24) is 9.13 Å². The van der Waals surface area contributed by atoms with E-state index >= 15 is 0 Å². The molecule has 1 aliphatic rings. The van der Waals surface area contributed by atoms with Gasteiger partial charge < -0.3 is 15.2 Å². The van der Waals surface area contributed by atoms with Crippen molar-refractivity contribution in [3.05, 3.63) is 85.7 Å². The first-order valence-electron chi connectivity index (χ1n) is 10.6. The molecule has 8 nitrogen and oxygen atoms in total. The topological polar surface area (TPSA) is 103 Å². The summed E-state index contributed by atoms with van der Waals surface area (Å²) in [6.07, 6.45) is -5.42. The van der Waals surface area contributed by atoms with Crippen molar-refractivity contribution in [1.29, 1.82) is 0 Å². The molecule has 0 atom stereocenters. The minimum atomic E-state index is -4.62. The first-order chi connectivity index (χ1) is 16.3. The van der Waals surface area contributed by atoms with E-state index in [9.17, 15) is 27.6 Å². The van der Waals surface area contributed by atoms with Crippen LogP contribution in [0, 0.1) is 6.92 Å². The van der Waals surface area contributed by atoms with E-state index in [1.54, 1.807) is 12.1 Å². The summed E-state index contributed by atoms with van der Waals surface area (Å²) in [6.45, 7) is 5.50. The van der Waals surface area contributed by atoms with Crippen LogP contribution < -0.4 is 21.3 Å². The van der Waals surface area contributed by atoms with Crippen LogP contribution >= 0.6 is 0 Å². The lowest BCUT2D eigenvalue weighted by atomic mass is 9.87. The molecule has 0 unspecified atom stereocenters. The standard InChI is InChI=1S/C24H22F3N3O5/c1-13-14(5-4-6-16(13)24(25,26)27)10-30-20(31)19(35-22(33)34)11-29(21(30)32)15-7-8-17-18(9-15)28-12-23(17,2)3/h4-9,11,28H,10,12H2,1-3H3,(H,33,34). The fourth-order valence-corrected chi connectivity index (χ4v) is 4.23. The Labute approximate surface area is 197 Å². The van der Waals surface area contributed by atoms with E-state index in [0.29, 0.717) is 16.8 Å². The molecule has 11 heteroatoms. The van der Waals surface area contributed by atoms with Gasteiger partial charge in [0, 0.05) is 17.6 Å². The summed E-state index contributed by atoms with van der Waals surface area (Å²) in [7, 11) is 0. The number of nitrogens with one attached hydrogen (secondary N) is 1. The number of halogens is 3. The van der Waals surface area contributed by atoms with Crippen molar-refractivity contribution in [3.63, 3.8) is 0 Å². The van der Waals surface area contributed by atoms with E-state index in [0.717, 1.165) is 28.1 Å². The Morgan fingerprint density at radius 2 is 1.91 bits per heavy atom. The van der Waals surface area contributed by atoms with Crippen molar-refractivity contribution < 1.29 is 27.8 Å². The Kier molecular flexibility index (Phi) is 5.74. The number of ether oxygens (including phenoxy) is 1. The Balaban J connectivity index is 1.89. The van der Waals surface area contributed by atoms with Crippen LogP contribution in [0.1, 0.15) is 36.1 Å². The fourth-order valence-electron chi connectivity index (χ4n) is 4.23. The number of benzene rings is 2. The van der Waals surface area contributed by atoms with Gasteiger partial charge in [0.2, 0.25) is 5.75 Å². The molecule has 4 rings (SSSR count). The SMILES string of the molecule is Cc1c(Cn2c(=O)c(OC(=O)O)cn(-c3ccc4c(c3)NCC4(C)C)c2=O)cccc1C(F)(F)F. The van der Waals surface area contributed by atoms with Crippen LogP contribution in [0.4, 0.5) is 23.7 Å². The van der Waals surface area contributed by atoms with Gasteiger partial charge in [-0.2, -0.15) is 13.2 Å². The minimum Gasteiger partial charge on any atom is -0.449 e. The highest BCUT2D eigenvalue weighted by Crippen LogP contribution is 2.37. The van der Waals surface area contributed by atoms with E-state index in [1.165, 1.54) is 19.1 Å². The smallest absolute Gasteiger partial charge is 0.449 e. The van der Waals surface area contributed by atoms with E-state index in [4.69, 9.17) is 5.11 Å². The van der Waals surface area contributed by atoms with Crippen LogP contribution in [-0.2, 0) is 18.1 Å². The predicted molar refractivity (Wildman–Crippen MR) is 122 cm³/mol. The number of carbonyl (C=O) groups is 1. The van der Waals surface area contributed by atoms with Crippen LogP contribution in [0.5, 0.6) is 5.75 Å². The average Bonchev–Trinajstić information content (AvgIpc) is 3.07. The molecule has 2 N–H and O–H groups in total. The van der Waals surface area contributed by atoms with Gasteiger partial charge in [-0.05, 0) is 41.8 Å². The summed E-state index contributed by atoms with van der Waals surface area (Å²) in [5.74, 6) is -0.657. The van der Waals surface area contributed by atoms with Gasteiger partial charge in [0.1, 0.15) is 0 Å². The molecule has 0 amide bonds. The maximum Gasteiger partial charge on any atom is 0.511 e. The number of hydrogen-bond donors (Lipinski definition) is 2. The van der Waals surface area contributed by atoms with Crippen LogP contribution in [0.15, 0.2) is 52.2 Å². The third-order valence-corrected chi connectivity index (χ3v) is 6.15. The van der Waals surface area contributed by atoms with Gasteiger partial charge in [-0.25, -0.2) is 9.59 Å². The van der Waals surface area contributed by atoms with Crippen molar-refractivity contribution in [2.45, 2.75) is 38.9 Å². The lowest BCUT2D eigenvalue weighted by Crippen LogP contribution is -2.40. The molecule has 0 saturated carbocycles. The second-order valence-electron chi connectivity index (χ2n) is 8.96. The van der Waals surface area contributed by atoms with E-state index in [1.807, 2.05) is 19.9 Å². The van der Waals surface area contributed by atoms with Gasteiger partial charge in [0.15, 0.2) is 0 Å². The number of fused-ring (bicyclic) bond motifs is 1. The number of nitrogens with zero attached hydrogens (tertiary/aromatic N) is 2. The highest BCUT2D eigenvalue weighted by Gasteiger charge is 2.33. The summed E-state index contributed by atoms with van der Waals surface area (Å²) in [6, 6.07) is 8.60. The first-order valence-corrected chi connectivity index (χ1v) is 10.6. The molecule has 1 aromatic heterocycles. The van der Waals surface area contributed by atoms with Gasteiger partial charge in [0.05, 0.1) is 24.0 Å². The summed E-state index contributed by atoms with van der Waals surface area (Å²) >= 11 is 0. The van der Waals surface area contributed by atoms with Crippen molar-refractivity contribution >= 4 is 11.8 Å². The number of hydrogen-bond acceptors (Lipinski definition) is 5. The molecule has 2 heterocycles. The third-order valence-electron chi connectivity index (χ3n) is 6.15. The van der Waals surface area contributed by atoms with Gasteiger partial charge in [-0.15, -0.1) is 0 Å². The third kappa shape index (κ3) is 4.41.